The van der Waals surface area contributed by atoms with Gasteiger partial charge >= 0.3 is 6.18 Å². The van der Waals surface area contributed by atoms with E-state index in [0.717, 1.165) is 41.1 Å². The molecule has 0 radical (unpaired) electrons. The lowest BCUT2D eigenvalue weighted by Gasteiger charge is -2.42. The molecule has 31 heavy (non-hydrogen) atoms. The first kappa shape index (κ1) is 23.2. The molecule has 1 aliphatic rings. The van der Waals surface area contributed by atoms with Gasteiger partial charge in [0.25, 0.3) is 0 Å². The summed E-state index contributed by atoms with van der Waals surface area (Å²) in [7, 11) is 1.94. The van der Waals surface area contributed by atoms with Crippen molar-refractivity contribution in [2.24, 2.45) is 4.99 Å². The first-order chi connectivity index (χ1) is 14.5. The molecule has 8 heteroatoms. The van der Waals surface area contributed by atoms with Crippen LogP contribution in [0.1, 0.15) is 34.7 Å². The Morgan fingerprint density at radius 2 is 1.84 bits per heavy atom. The molecule has 0 saturated carbocycles. The molecular formula is C23H26F4N2O2. The summed E-state index contributed by atoms with van der Waals surface area (Å²) in [5.41, 5.74) is 1.91. The molecule has 0 aliphatic carbocycles. The highest BCUT2D eigenvalue weighted by atomic mass is 19.4. The van der Waals surface area contributed by atoms with E-state index in [1.165, 1.54) is 0 Å². The Morgan fingerprint density at radius 1 is 1.13 bits per heavy atom. The molecule has 3 rings (SSSR count). The van der Waals surface area contributed by atoms with Gasteiger partial charge in [0, 0.05) is 13.6 Å². The molecule has 2 aromatic carbocycles. The molecule has 4 nitrogen and oxygen atoms in total. The number of aliphatic imine (C=N–C) groups is 1. The molecule has 0 bridgehead atoms. The fraction of sp³-hybridized carbons (Fsp3) is 0.435. The number of nitrogens with zero attached hydrogens (tertiary/aromatic N) is 2. The first-order valence-corrected chi connectivity index (χ1v) is 9.98. The SMILES string of the molecule is CCN(C)C=Nc1cc(C)c(C2(OCc3cc(F)cc(C(F)(F)F)c3)COC2)cc1C. The van der Waals surface area contributed by atoms with E-state index in [2.05, 4.69) is 4.99 Å². The smallest absolute Gasteiger partial charge is 0.375 e. The van der Waals surface area contributed by atoms with Gasteiger partial charge in [-0.25, -0.2) is 9.38 Å². The quantitative estimate of drug-likeness (QED) is 0.325. The zero-order valence-electron chi connectivity index (χ0n) is 18.0. The number of hydrogen-bond donors (Lipinski definition) is 0. The third-order valence-electron chi connectivity index (χ3n) is 5.40. The number of halogens is 4. The van der Waals surface area contributed by atoms with E-state index in [1.54, 1.807) is 6.34 Å². The molecule has 0 N–H and O–H groups in total. The van der Waals surface area contributed by atoms with E-state index in [4.69, 9.17) is 9.47 Å². The predicted octanol–water partition coefficient (Wildman–Crippen LogP) is 5.52. The molecule has 2 aromatic rings. The third kappa shape index (κ3) is 5.25. The number of benzene rings is 2. The Bertz CT molecular complexity index is 969. The zero-order chi connectivity index (χ0) is 22.8. The van der Waals surface area contributed by atoms with Crippen molar-refractivity contribution >= 4 is 12.0 Å². The second kappa shape index (κ2) is 8.96. The third-order valence-corrected chi connectivity index (χ3v) is 5.40. The average molecular weight is 438 g/mol. The van der Waals surface area contributed by atoms with Crippen LogP contribution in [0.3, 0.4) is 0 Å². The molecule has 0 atom stereocenters. The van der Waals surface area contributed by atoms with Gasteiger partial charge in [-0.2, -0.15) is 13.2 Å². The van der Waals surface area contributed by atoms with E-state index in [0.29, 0.717) is 6.07 Å². The van der Waals surface area contributed by atoms with Gasteiger partial charge in [-0.3, -0.25) is 0 Å². The molecule has 0 unspecified atom stereocenters. The van der Waals surface area contributed by atoms with Crippen LogP contribution < -0.4 is 0 Å². The van der Waals surface area contributed by atoms with E-state index in [9.17, 15) is 17.6 Å². The summed E-state index contributed by atoms with van der Waals surface area (Å²) in [5.74, 6) is -0.946. The van der Waals surface area contributed by atoms with Crippen molar-refractivity contribution in [3.05, 3.63) is 64.0 Å². The van der Waals surface area contributed by atoms with Crippen molar-refractivity contribution in [3.63, 3.8) is 0 Å². The highest BCUT2D eigenvalue weighted by Crippen LogP contribution is 2.39. The van der Waals surface area contributed by atoms with E-state index in [-0.39, 0.29) is 25.4 Å². The van der Waals surface area contributed by atoms with Crippen LogP contribution in [-0.2, 0) is 27.9 Å². The van der Waals surface area contributed by atoms with Gasteiger partial charge < -0.3 is 14.4 Å². The summed E-state index contributed by atoms with van der Waals surface area (Å²) in [5, 5.41) is 0. The van der Waals surface area contributed by atoms with Crippen molar-refractivity contribution < 1.29 is 27.0 Å². The Hall–Kier alpha value is -2.45. The maximum atomic E-state index is 13.7. The van der Waals surface area contributed by atoms with Crippen molar-refractivity contribution in [1.29, 1.82) is 0 Å². The van der Waals surface area contributed by atoms with Gasteiger partial charge in [-0.15, -0.1) is 0 Å². The minimum atomic E-state index is -4.62. The van der Waals surface area contributed by atoms with E-state index in [1.807, 2.05) is 44.9 Å². The predicted molar refractivity (Wildman–Crippen MR) is 111 cm³/mol. The number of rotatable bonds is 7. The van der Waals surface area contributed by atoms with Crippen molar-refractivity contribution in [1.82, 2.24) is 4.90 Å². The molecule has 1 aliphatic heterocycles. The largest absolute Gasteiger partial charge is 0.416 e. The van der Waals surface area contributed by atoms with E-state index >= 15 is 0 Å². The lowest BCUT2D eigenvalue weighted by atomic mass is 9.86. The van der Waals surface area contributed by atoms with Crippen LogP contribution in [0, 0.1) is 19.7 Å². The van der Waals surface area contributed by atoms with Gasteiger partial charge in [-0.05, 0) is 67.3 Å². The van der Waals surface area contributed by atoms with Gasteiger partial charge in [-0.1, -0.05) is 6.07 Å². The number of hydrogen-bond acceptors (Lipinski definition) is 3. The summed E-state index contributed by atoms with van der Waals surface area (Å²) >= 11 is 0. The fourth-order valence-corrected chi connectivity index (χ4v) is 3.40. The lowest BCUT2D eigenvalue weighted by molar-refractivity contribution is -0.223. The summed E-state index contributed by atoms with van der Waals surface area (Å²) in [6.45, 7) is 7.13. The van der Waals surface area contributed by atoms with E-state index < -0.39 is 23.2 Å². The normalized spacial score (nSPS) is 15.9. The standard InChI is InChI=1S/C23H26F4N2O2/c1-5-29(4)14-28-21-7-15(2)20(6-16(21)3)22(12-30-13-22)31-11-17-8-18(23(25,26)27)10-19(24)9-17/h6-10,14H,5,11-13H2,1-4H3. The topological polar surface area (TPSA) is 34.1 Å². The molecule has 0 amide bonds. The fourth-order valence-electron chi connectivity index (χ4n) is 3.40. The maximum absolute atomic E-state index is 13.7. The van der Waals surface area contributed by atoms with Gasteiger partial charge in [0.05, 0.1) is 37.4 Å². The molecule has 0 aromatic heterocycles. The summed E-state index contributed by atoms with van der Waals surface area (Å²) in [6, 6.07) is 6.38. The molecule has 1 heterocycles. The Balaban J connectivity index is 1.84. The number of ether oxygens (including phenoxy) is 2. The van der Waals surface area contributed by atoms with Crippen LogP contribution in [0.15, 0.2) is 35.3 Å². The highest BCUT2D eigenvalue weighted by Gasteiger charge is 2.43. The minimum absolute atomic E-state index is 0.122. The minimum Gasteiger partial charge on any atom is -0.375 e. The number of alkyl halides is 3. The zero-order valence-corrected chi connectivity index (χ0v) is 18.0. The molecule has 168 valence electrons. The van der Waals surface area contributed by atoms with Gasteiger partial charge in [0.1, 0.15) is 11.4 Å². The molecule has 1 saturated heterocycles. The van der Waals surface area contributed by atoms with Gasteiger partial charge in [0.15, 0.2) is 0 Å². The van der Waals surface area contributed by atoms with Crippen molar-refractivity contribution in [3.8, 4) is 0 Å². The average Bonchev–Trinajstić information content (AvgIpc) is 2.66. The molecule has 1 fully saturated rings. The van der Waals surface area contributed by atoms with Crippen LogP contribution in [0.4, 0.5) is 23.2 Å². The summed E-state index contributed by atoms with van der Waals surface area (Å²) in [6.07, 6.45) is -2.85. The van der Waals surface area contributed by atoms with Crippen LogP contribution in [0.25, 0.3) is 0 Å². The monoisotopic (exact) mass is 438 g/mol. The van der Waals surface area contributed by atoms with Gasteiger partial charge in [0.2, 0.25) is 0 Å². The van der Waals surface area contributed by atoms with Crippen LogP contribution >= 0.6 is 0 Å². The highest BCUT2D eigenvalue weighted by molar-refractivity contribution is 5.64. The Kier molecular flexibility index (Phi) is 6.71. The van der Waals surface area contributed by atoms with Crippen LogP contribution in [0.2, 0.25) is 0 Å². The van der Waals surface area contributed by atoms with Crippen LogP contribution in [-0.4, -0.2) is 38.0 Å². The molecule has 0 spiro atoms. The Labute approximate surface area is 179 Å². The second-order valence-electron chi connectivity index (χ2n) is 7.89. The van der Waals surface area contributed by atoms with Crippen molar-refractivity contribution in [2.75, 3.05) is 26.8 Å². The molecular weight excluding hydrogens is 412 g/mol. The second-order valence-corrected chi connectivity index (χ2v) is 7.89. The first-order valence-electron chi connectivity index (χ1n) is 9.98. The van der Waals surface area contributed by atoms with Crippen molar-refractivity contribution in [2.45, 2.75) is 39.2 Å². The summed E-state index contributed by atoms with van der Waals surface area (Å²) in [4.78, 5) is 6.48. The van der Waals surface area contributed by atoms with Crippen LogP contribution in [0.5, 0.6) is 0 Å². The Morgan fingerprint density at radius 3 is 2.42 bits per heavy atom. The lowest BCUT2D eigenvalue weighted by Crippen LogP contribution is -2.49. The number of aryl methyl sites for hydroxylation is 2. The maximum Gasteiger partial charge on any atom is 0.416 e. The summed E-state index contributed by atoms with van der Waals surface area (Å²) < 4.78 is 64.1.